The number of carbonyl (C=O) groups excluding carboxylic acids is 1. The third kappa shape index (κ3) is 2.42. The van der Waals surface area contributed by atoms with Crippen LogP contribution in [-0.2, 0) is 6.42 Å². The van der Waals surface area contributed by atoms with E-state index in [9.17, 15) is 15.0 Å². The van der Waals surface area contributed by atoms with Crippen LogP contribution in [0.3, 0.4) is 0 Å². The standard InChI is InChI=1S/C18H16O3/c1-11-16-9-7-15(20)10-13(16)4-8-17(11)18(21)12-2-5-14(19)6-3-12/h2-3,5-7,9-10,19-20H,4,8H2,1H3. The maximum Gasteiger partial charge on any atom is 0.189 e. The van der Waals surface area contributed by atoms with E-state index in [0.717, 1.165) is 28.7 Å². The van der Waals surface area contributed by atoms with Crippen molar-refractivity contribution in [2.75, 3.05) is 0 Å². The van der Waals surface area contributed by atoms with E-state index in [1.54, 1.807) is 24.3 Å². The average Bonchev–Trinajstić information content (AvgIpc) is 2.47. The van der Waals surface area contributed by atoms with E-state index in [2.05, 4.69) is 0 Å². The predicted octanol–water partition coefficient (Wildman–Crippen LogP) is 3.70. The molecule has 0 radical (unpaired) electrons. The summed E-state index contributed by atoms with van der Waals surface area (Å²) in [7, 11) is 0. The molecule has 3 rings (SSSR count). The van der Waals surface area contributed by atoms with Crippen LogP contribution in [0.4, 0.5) is 0 Å². The first-order valence-corrected chi connectivity index (χ1v) is 6.92. The summed E-state index contributed by atoms with van der Waals surface area (Å²) in [5, 5.41) is 18.9. The highest BCUT2D eigenvalue weighted by Crippen LogP contribution is 2.34. The van der Waals surface area contributed by atoms with Gasteiger partial charge in [0.25, 0.3) is 0 Å². The fraction of sp³-hybridized carbons (Fsp3) is 0.167. The van der Waals surface area contributed by atoms with Crippen molar-refractivity contribution in [3.8, 4) is 11.5 Å². The molecule has 0 heterocycles. The molecule has 0 saturated carbocycles. The van der Waals surface area contributed by atoms with E-state index in [0.29, 0.717) is 12.0 Å². The number of ketones is 1. The SMILES string of the molecule is CC1=C(C(=O)c2ccc(O)cc2)CCc2cc(O)ccc21. The molecule has 0 fully saturated rings. The Hall–Kier alpha value is -2.55. The first kappa shape index (κ1) is 13.4. The first-order chi connectivity index (χ1) is 10.1. The molecule has 21 heavy (non-hydrogen) atoms. The Labute approximate surface area is 123 Å². The Bertz CT molecular complexity index is 740. The number of phenolic OH excluding ortho intramolecular Hbond substituents is 2. The molecule has 2 aromatic carbocycles. The molecule has 2 aromatic rings. The van der Waals surface area contributed by atoms with Crippen LogP contribution in [0.25, 0.3) is 5.57 Å². The lowest BCUT2D eigenvalue weighted by molar-refractivity contribution is 0.103. The lowest BCUT2D eigenvalue weighted by Gasteiger charge is -2.21. The van der Waals surface area contributed by atoms with Gasteiger partial charge in [0.05, 0.1) is 0 Å². The zero-order valence-electron chi connectivity index (χ0n) is 11.8. The monoisotopic (exact) mass is 280 g/mol. The molecule has 0 amide bonds. The molecule has 3 heteroatoms. The van der Waals surface area contributed by atoms with E-state index >= 15 is 0 Å². The maximum atomic E-state index is 12.6. The summed E-state index contributed by atoms with van der Waals surface area (Å²) in [5.41, 5.74) is 4.47. The highest BCUT2D eigenvalue weighted by molar-refractivity contribution is 6.13. The number of hydrogen-bond donors (Lipinski definition) is 2. The second kappa shape index (κ2) is 5.09. The Morgan fingerprint density at radius 1 is 0.952 bits per heavy atom. The quantitative estimate of drug-likeness (QED) is 0.825. The van der Waals surface area contributed by atoms with Gasteiger partial charge in [0.15, 0.2) is 5.78 Å². The number of fused-ring (bicyclic) bond motifs is 1. The summed E-state index contributed by atoms with van der Waals surface area (Å²) in [4.78, 5) is 12.6. The summed E-state index contributed by atoms with van der Waals surface area (Å²) in [6.07, 6.45) is 1.42. The molecule has 0 aromatic heterocycles. The largest absolute Gasteiger partial charge is 0.508 e. The van der Waals surface area contributed by atoms with E-state index in [1.807, 2.05) is 13.0 Å². The summed E-state index contributed by atoms with van der Waals surface area (Å²) < 4.78 is 0. The van der Waals surface area contributed by atoms with Gasteiger partial charge in [-0.05, 0) is 72.9 Å². The smallest absolute Gasteiger partial charge is 0.189 e. The lowest BCUT2D eigenvalue weighted by atomic mass is 9.83. The van der Waals surface area contributed by atoms with Crippen molar-refractivity contribution in [3.05, 3.63) is 64.7 Å². The van der Waals surface area contributed by atoms with Crippen LogP contribution in [0.15, 0.2) is 48.0 Å². The van der Waals surface area contributed by atoms with Crippen LogP contribution in [-0.4, -0.2) is 16.0 Å². The van der Waals surface area contributed by atoms with Gasteiger partial charge in [-0.15, -0.1) is 0 Å². The fourth-order valence-corrected chi connectivity index (χ4v) is 2.83. The third-order valence-electron chi connectivity index (χ3n) is 3.99. The summed E-state index contributed by atoms with van der Waals surface area (Å²) in [5.74, 6) is 0.419. The number of carbonyl (C=O) groups is 1. The van der Waals surface area contributed by atoms with Gasteiger partial charge in [-0.25, -0.2) is 0 Å². The molecule has 1 aliphatic carbocycles. The second-order valence-electron chi connectivity index (χ2n) is 5.32. The van der Waals surface area contributed by atoms with Crippen LogP contribution < -0.4 is 0 Å². The molecule has 0 saturated heterocycles. The van der Waals surface area contributed by atoms with Gasteiger partial charge in [-0.1, -0.05) is 6.07 Å². The molecule has 0 bridgehead atoms. The molecule has 0 aliphatic heterocycles. The van der Waals surface area contributed by atoms with Crippen molar-refractivity contribution >= 4 is 11.4 Å². The van der Waals surface area contributed by atoms with E-state index < -0.39 is 0 Å². The lowest BCUT2D eigenvalue weighted by Crippen LogP contribution is -2.11. The molecular formula is C18H16O3. The van der Waals surface area contributed by atoms with Crippen molar-refractivity contribution in [2.24, 2.45) is 0 Å². The zero-order chi connectivity index (χ0) is 15.0. The Balaban J connectivity index is 2.02. The van der Waals surface area contributed by atoms with Gasteiger partial charge in [-0.2, -0.15) is 0 Å². The number of aromatic hydroxyl groups is 2. The van der Waals surface area contributed by atoms with Gasteiger partial charge in [0.1, 0.15) is 11.5 Å². The number of benzene rings is 2. The number of phenols is 2. The van der Waals surface area contributed by atoms with Crippen molar-refractivity contribution < 1.29 is 15.0 Å². The van der Waals surface area contributed by atoms with Crippen molar-refractivity contribution in [1.82, 2.24) is 0 Å². The molecule has 0 atom stereocenters. The summed E-state index contributed by atoms with van der Waals surface area (Å²) in [6.45, 7) is 1.95. The minimum absolute atomic E-state index is 0.00576. The summed E-state index contributed by atoms with van der Waals surface area (Å²) in [6, 6.07) is 11.6. The summed E-state index contributed by atoms with van der Waals surface area (Å²) >= 11 is 0. The van der Waals surface area contributed by atoms with E-state index in [1.165, 1.54) is 12.1 Å². The Morgan fingerprint density at radius 2 is 1.62 bits per heavy atom. The minimum Gasteiger partial charge on any atom is -0.508 e. The van der Waals surface area contributed by atoms with Crippen molar-refractivity contribution in [2.45, 2.75) is 19.8 Å². The normalized spacial score (nSPS) is 14.0. The molecule has 2 N–H and O–H groups in total. The molecular weight excluding hydrogens is 264 g/mol. The highest BCUT2D eigenvalue weighted by atomic mass is 16.3. The van der Waals surface area contributed by atoms with Crippen LogP contribution in [0.1, 0.15) is 34.8 Å². The predicted molar refractivity (Wildman–Crippen MR) is 81.5 cm³/mol. The third-order valence-corrected chi connectivity index (χ3v) is 3.99. The number of aryl methyl sites for hydroxylation is 1. The topological polar surface area (TPSA) is 57.5 Å². The Kier molecular flexibility index (Phi) is 3.26. The van der Waals surface area contributed by atoms with Crippen LogP contribution >= 0.6 is 0 Å². The van der Waals surface area contributed by atoms with E-state index in [-0.39, 0.29) is 17.3 Å². The number of hydrogen-bond acceptors (Lipinski definition) is 3. The van der Waals surface area contributed by atoms with E-state index in [4.69, 9.17) is 0 Å². The number of allylic oxidation sites excluding steroid dienone is 2. The van der Waals surface area contributed by atoms with Gasteiger partial charge in [0, 0.05) is 11.1 Å². The van der Waals surface area contributed by atoms with Crippen LogP contribution in [0, 0.1) is 0 Å². The molecule has 0 spiro atoms. The molecule has 3 nitrogen and oxygen atoms in total. The number of rotatable bonds is 2. The van der Waals surface area contributed by atoms with Crippen LogP contribution in [0.5, 0.6) is 11.5 Å². The minimum atomic E-state index is 0.00576. The van der Waals surface area contributed by atoms with Gasteiger partial charge < -0.3 is 10.2 Å². The molecule has 1 aliphatic rings. The Morgan fingerprint density at radius 3 is 2.33 bits per heavy atom. The average molecular weight is 280 g/mol. The fourth-order valence-electron chi connectivity index (χ4n) is 2.83. The maximum absolute atomic E-state index is 12.6. The van der Waals surface area contributed by atoms with Crippen molar-refractivity contribution in [3.63, 3.8) is 0 Å². The van der Waals surface area contributed by atoms with Crippen LogP contribution in [0.2, 0.25) is 0 Å². The first-order valence-electron chi connectivity index (χ1n) is 6.92. The zero-order valence-corrected chi connectivity index (χ0v) is 11.8. The highest BCUT2D eigenvalue weighted by Gasteiger charge is 2.22. The van der Waals surface area contributed by atoms with Crippen molar-refractivity contribution in [1.29, 1.82) is 0 Å². The number of Topliss-reactive ketones (excluding diaryl/α,β-unsaturated/α-hetero) is 1. The second-order valence-corrected chi connectivity index (χ2v) is 5.32. The van der Waals surface area contributed by atoms with Gasteiger partial charge in [0.2, 0.25) is 0 Å². The molecule has 0 unspecified atom stereocenters. The van der Waals surface area contributed by atoms with Gasteiger partial charge >= 0.3 is 0 Å². The molecule has 106 valence electrons. The van der Waals surface area contributed by atoms with Gasteiger partial charge in [-0.3, -0.25) is 4.79 Å².